The summed E-state index contributed by atoms with van der Waals surface area (Å²) in [6, 6.07) is 15.9. The monoisotopic (exact) mass is 332 g/mol. The van der Waals surface area contributed by atoms with E-state index >= 15 is 0 Å². The van der Waals surface area contributed by atoms with Crippen LogP contribution in [0.1, 0.15) is 15.9 Å². The Kier molecular flexibility index (Phi) is 4.48. The highest BCUT2D eigenvalue weighted by Gasteiger charge is 2.07. The second kappa shape index (κ2) is 6.88. The SMILES string of the molecule is C=c1[nH]n(-c2cccc(C(=O)O)c2)c(=O)/c1=C\C=Cc1ccccc1. The van der Waals surface area contributed by atoms with Gasteiger partial charge in [-0.25, -0.2) is 9.48 Å². The van der Waals surface area contributed by atoms with E-state index in [1.165, 1.54) is 16.8 Å². The molecule has 3 rings (SSSR count). The number of hydrogen-bond donors (Lipinski definition) is 2. The molecule has 0 saturated carbocycles. The normalized spacial score (nSPS) is 11.9. The van der Waals surface area contributed by atoms with E-state index in [9.17, 15) is 9.59 Å². The summed E-state index contributed by atoms with van der Waals surface area (Å²) in [6.45, 7) is 3.85. The summed E-state index contributed by atoms with van der Waals surface area (Å²) in [4.78, 5) is 23.7. The standard InChI is InChI=1S/C20H16N2O3/c1-14-18(12-5-9-15-7-3-2-4-8-15)19(23)22(21-14)17-11-6-10-16(13-17)20(24)25/h2-13,21H,1H2,(H,24,25)/b9-5?,18-12-. The van der Waals surface area contributed by atoms with Crippen molar-refractivity contribution in [1.29, 1.82) is 0 Å². The number of benzene rings is 2. The molecule has 0 radical (unpaired) electrons. The minimum atomic E-state index is -1.05. The number of aromatic nitrogens is 2. The maximum atomic E-state index is 12.6. The van der Waals surface area contributed by atoms with Gasteiger partial charge < -0.3 is 5.11 Å². The second-order valence-corrected chi connectivity index (χ2v) is 5.44. The summed E-state index contributed by atoms with van der Waals surface area (Å²) in [7, 11) is 0. The molecular weight excluding hydrogens is 316 g/mol. The number of hydrogen-bond acceptors (Lipinski definition) is 2. The van der Waals surface area contributed by atoms with Gasteiger partial charge in [0.25, 0.3) is 5.56 Å². The molecule has 5 nitrogen and oxygen atoms in total. The predicted octanol–water partition coefficient (Wildman–Crippen LogP) is 1.77. The number of carboxylic acids is 1. The molecule has 0 aliphatic heterocycles. The molecular formula is C20H16N2O3. The average molecular weight is 332 g/mol. The minimum Gasteiger partial charge on any atom is -0.478 e. The van der Waals surface area contributed by atoms with Gasteiger partial charge in [-0.1, -0.05) is 55.1 Å². The van der Waals surface area contributed by atoms with Crippen LogP contribution in [-0.2, 0) is 0 Å². The lowest BCUT2D eigenvalue weighted by Crippen LogP contribution is -2.33. The Hall–Kier alpha value is -3.60. The molecule has 0 aliphatic rings. The first-order valence-electron chi connectivity index (χ1n) is 7.63. The van der Waals surface area contributed by atoms with Gasteiger partial charge in [0.2, 0.25) is 0 Å². The molecule has 3 aromatic rings. The zero-order chi connectivity index (χ0) is 17.8. The van der Waals surface area contributed by atoms with Crippen molar-refractivity contribution in [3.63, 3.8) is 0 Å². The van der Waals surface area contributed by atoms with E-state index in [2.05, 4.69) is 11.7 Å². The number of allylic oxidation sites excluding steroid dienone is 1. The Morgan fingerprint density at radius 1 is 1.12 bits per heavy atom. The van der Waals surface area contributed by atoms with Crippen molar-refractivity contribution in [2.24, 2.45) is 0 Å². The Morgan fingerprint density at radius 3 is 2.60 bits per heavy atom. The lowest BCUT2D eigenvalue weighted by Gasteiger charge is -2.02. The first-order valence-corrected chi connectivity index (χ1v) is 7.63. The van der Waals surface area contributed by atoms with Crippen LogP contribution in [0.2, 0.25) is 0 Å². The Bertz CT molecular complexity index is 1110. The van der Waals surface area contributed by atoms with Crippen molar-refractivity contribution >= 4 is 24.7 Å². The quantitative estimate of drug-likeness (QED) is 0.764. The van der Waals surface area contributed by atoms with Gasteiger partial charge in [-0.3, -0.25) is 9.89 Å². The molecule has 0 unspecified atom stereocenters. The van der Waals surface area contributed by atoms with Crippen LogP contribution in [0.25, 0.3) is 24.4 Å². The molecule has 2 aromatic carbocycles. The van der Waals surface area contributed by atoms with E-state index in [0.29, 0.717) is 16.3 Å². The fourth-order valence-electron chi connectivity index (χ4n) is 2.45. The lowest BCUT2D eigenvalue weighted by molar-refractivity contribution is 0.0697. The van der Waals surface area contributed by atoms with Crippen molar-refractivity contribution < 1.29 is 9.90 Å². The fourth-order valence-corrected chi connectivity index (χ4v) is 2.45. The van der Waals surface area contributed by atoms with Gasteiger partial charge in [0.1, 0.15) is 0 Å². The zero-order valence-corrected chi connectivity index (χ0v) is 13.3. The van der Waals surface area contributed by atoms with E-state index in [-0.39, 0.29) is 11.1 Å². The molecule has 1 heterocycles. The highest BCUT2D eigenvalue weighted by Crippen LogP contribution is 2.07. The number of carbonyl (C=O) groups is 1. The zero-order valence-electron chi connectivity index (χ0n) is 13.3. The highest BCUT2D eigenvalue weighted by molar-refractivity contribution is 5.88. The molecule has 0 atom stereocenters. The van der Waals surface area contributed by atoms with Crippen LogP contribution in [0, 0.1) is 0 Å². The van der Waals surface area contributed by atoms with E-state index in [0.717, 1.165) is 5.56 Å². The maximum absolute atomic E-state index is 12.6. The third kappa shape index (κ3) is 3.50. The Morgan fingerprint density at radius 2 is 1.88 bits per heavy atom. The van der Waals surface area contributed by atoms with Crippen molar-refractivity contribution in [2.75, 3.05) is 0 Å². The Balaban J connectivity index is 2.02. The van der Waals surface area contributed by atoms with Gasteiger partial charge >= 0.3 is 5.97 Å². The number of nitrogens with zero attached hydrogens (tertiary/aromatic N) is 1. The van der Waals surface area contributed by atoms with Crippen molar-refractivity contribution in [1.82, 2.24) is 9.78 Å². The van der Waals surface area contributed by atoms with E-state index in [1.807, 2.05) is 36.4 Å². The molecule has 0 aliphatic carbocycles. The number of carboxylic acid groups (broad SMARTS) is 1. The van der Waals surface area contributed by atoms with Crippen LogP contribution in [0.5, 0.6) is 0 Å². The minimum absolute atomic E-state index is 0.110. The molecule has 5 heteroatoms. The molecule has 2 N–H and O–H groups in total. The van der Waals surface area contributed by atoms with E-state index in [4.69, 9.17) is 5.11 Å². The van der Waals surface area contributed by atoms with Crippen LogP contribution in [0.4, 0.5) is 0 Å². The topological polar surface area (TPSA) is 75.1 Å². The van der Waals surface area contributed by atoms with Gasteiger partial charge in [-0.15, -0.1) is 0 Å². The first kappa shape index (κ1) is 16.3. The van der Waals surface area contributed by atoms with E-state index < -0.39 is 5.97 Å². The molecule has 0 spiro atoms. The molecule has 1 aromatic heterocycles. The number of aromatic amines is 1. The highest BCUT2D eigenvalue weighted by atomic mass is 16.4. The summed E-state index contributed by atoms with van der Waals surface area (Å²) < 4.78 is 1.29. The number of nitrogens with one attached hydrogen (secondary N) is 1. The smallest absolute Gasteiger partial charge is 0.335 e. The van der Waals surface area contributed by atoms with Crippen molar-refractivity contribution in [3.05, 3.63) is 92.7 Å². The van der Waals surface area contributed by atoms with Crippen LogP contribution in [-0.4, -0.2) is 20.9 Å². The third-order valence-corrected chi connectivity index (χ3v) is 3.71. The van der Waals surface area contributed by atoms with E-state index in [1.54, 1.807) is 24.3 Å². The summed E-state index contributed by atoms with van der Waals surface area (Å²) >= 11 is 0. The van der Waals surface area contributed by atoms with Crippen LogP contribution < -0.4 is 16.1 Å². The molecule has 124 valence electrons. The van der Waals surface area contributed by atoms with Crippen LogP contribution >= 0.6 is 0 Å². The molecule has 0 fully saturated rings. The third-order valence-electron chi connectivity index (χ3n) is 3.71. The summed E-state index contributed by atoms with van der Waals surface area (Å²) in [5.74, 6) is -1.05. The first-order chi connectivity index (χ1) is 12.1. The fraction of sp³-hybridized carbons (Fsp3) is 0. The van der Waals surface area contributed by atoms with Gasteiger partial charge in [-0.05, 0) is 29.8 Å². The molecule has 25 heavy (non-hydrogen) atoms. The summed E-state index contributed by atoms with van der Waals surface area (Å²) in [6.07, 6.45) is 5.36. The van der Waals surface area contributed by atoms with Crippen LogP contribution in [0.3, 0.4) is 0 Å². The van der Waals surface area contributed by atoms with Gasteiger partial charge in [0.15, 0.2) is 0 Å². The van der Waals surface area contributed by atoms with Crippen molar-refractivity contribution in [3.8, 4) is 5.69 Å². The van der Waals surface area contributed by atoms with Crippen molar-refractivity contribution in [2.45, 2.75) is 0 Å². The Labute approximate surface area is 143 Å². The molecule has 0 amide bonds. The van der Waals surface area contributed by atoms with Crippen LogP contribution in [0.15, 0.2) is 65.5 Å². The largest absolute Gasteiger partial charge is 0.478 e. The van der Waals surface area contributed by atoms with Gasteiger partial charge in [0.05, 0.1) is 21.8 Å². The average Bonchev–Trinajstić information content (AvgIpc) is 2.91. The van der Waals surface area contributed by atoms with Gasteiger partial charge in [-0.2, -0.15) is 0 Å². The molecule has 0 saturated heterocycles. The summed E-state index contributed by atoms with van der Waals surface area (Å²) in [5.41, 5.74) is 1.29. The number of rotatable bonds is 4. The lowest BCUT2D eigenvalue weighted by atomic mass is 10.2. The predicted molar refractivity (Wildman–Crippen MR) is 98.1 cm³/mol. The summed E-state index contributed by atoms with van der Waals surface area (Å²) in [5, 5.41) is 12.8. The van der Waals surface area contributed by atoms with Gasteiger partial charge in [0, 0.05) is 0 Å². The second-order valence-electron chi connectivity index (χ2n) is 5.44. The maximum Gasteiger partial charge on any atom is 0.335 e. The number of H-pyrrole nitrogens is 1. The number of aromatic carboxylic acids is 1. The molecule has 0 bridgehead atoms.